The molecule has 42 heavy (non-hydrogen) atoms. The normalized spacial score (nSPS) is 14.2. The molecule has 0 aliphatic carbocycles. The van der Waals surface area contributed by atoms with E-state index in [-0.39, 0.29) is 12.3 Å². The van der Waals surface area contributed by atoms with Gasteiger partial charge in [-0.15, -0.1) is 0 Å². The van der Waals surface area contributed by atoms with Crippen molar-refractivity contribution in [1.29, 1.82) is 0 Å². The topological polar surface area (TPSA) is 84.7 Å². The van der Waals surface area contributed by atoms with E-state index < -0.39 is 5.97 Å². The summed E-state index contributed by atoms with van der Waals surface area (Å²) in [6.07, 6.45) is 13.1. The molecule has 1 aliphatic rings. The molecule has 0 atom stereocenters. The molecular formula is C33H39N3O4S2. The van der Waals surface area contributed by atoms with Crippen molar-refractivity contribution in [3.8, 4) is 22.7 Å². The number of carbonyl (C=O) groups is 2. The number of carbonyl (C=O) groups excluding carboxylic acids is 1. The van der Waals surface area contributed by atoms with Gasteiger partial charge in [-0.1, -0.05) is 99.8 Å². The molecule has 0 unspecified atom stereocenters. The number of thioether (sulfide) groups is 1. The highest BCUT2D eigenvalue weighted by atomic mass is 32.2. The van der Waals surface area contributed by atoms with Crippen LogP contribution in [0.5, 0.6) is 5.75 Å². The van der Waals surface area contributed by atoms with Gasteiger partial charge in [0.2, 0.25) is 0 Å². The number of carboxylic acids is 1. The molecule has 0 spiro atoms. The van der Waals surface area contributed by atoms with E-state index >= 15 is 0 Å². The molecule has 9 heteroatoms. The van der Waals surface area contributed by atoms with Gasteiger partial charge in [-0.25, -0.2) is 4.68 Å². The maximum atomic E-state index is 13.4. The number of hydrogen-bond donors (Lipinski definition) is 1. The summed E-state index contributed by atoms with van der Waals surface area (Å²) in [5.41, 5.74) is 3.47. The van der Waals surface area contributed by atoms with Crippen LogP contribution in [0.25, 0.3) is 23.0 Å². The number of hydrogen-bond acceptors (Lipinski definition) is 6. The molecular weight excluding hydrogens is 567 g/mol. The van der Waals surface area contributed by atoms with Crippen molar-refractivity contribution in [2.45, 2.75) is 71.1 Å². The van der Waals surface area contributed by atoms with Gasteiger partial charge in [0.1, 0.15) is 15.8 Å². The number of aromatic nitrogens is 2. The Morgan fingerprint density at radius 2 is 1.71 bits per heavy atom. The highest BCUT2D eigenvalue weighted by Crippen LogP contribution is 2.35. The van der Waals surface area contributed by atoms with Gasteiger partial charge in [0, 0.05) is 30.3 Å². The highest BCUT2D eigenvalue weighted by Gasteiger charge is 2.32. The van der Waals surface area contributed by atoms with Crippen LogP contribution in [-0.4, -0.2) is 49.1 Å². The lowest BCUT2D eigenvalue weighted by atomic mass is 10.1. The fraction of sp³-hybridized carbons (Fsp3) is 0.394. The standard InChI is InChI=1S/C33H39N3O4S2/c1-2-21-40-28-18-14-15-25(22-28)31-26(24-36(34-31)27-16-10-9-11-17-27)23-29-32(39)35(33(41)42-29)20-13-8-6-4-3-5-7-12-19-30(37)38/h9-11,14-18,22-24H,2-8,12-13,19-21H2,1H3,(H,37,38)/b29-23-. The number of unbranched alkanes of at least 4 members (excludes halogenated alkanes) is 7. The third-order valence-corrected chi connectivity index (χ3v) is 8.40. The number of carboxylic acid groups (broad SMARTS) is 1. The third kappa shape index (κ3) is 9.03. The van der Waals surface area contributed by atoms with Crippen LogP contribution in [-0.2, 0) is 9.59 Å². The van der Waals surface area contributed by atoms with Crippen molar-refractivity contribution in [3.05, 3.63) is 71.3 Å². The molecule has 4 rings (SSSR count). The Kier molecular flexibility index (Phi) is 12.2. The molecule has 222 valence electrons. The van der Waals surface area contributed by atoms with Crippen LogP contribution in [0.1, 0.15) is 76.7 Å². The lowest BCUT2D eigenvalue weighted by Crippen LogP contribution is -2.29. The summed E-state index contributed by atoms with van der Waals surface area (Å²) < 4.78 is 8.30. The second kappa shape index (κ2) is 16.3. The second-order valence-corrected chi connectivity index (χ2v) is 12.1. The first-order chi connectivity index (χ1) is 20.5. The smallest absolute Gasteiger partial charge is 0.303 e. The molecule has 1 saturated heterocycles. The van der Waals surface area contributed by atoms with Gasteiger partial charge >= 0.3 is 5.97 Å². The van der Waals surface area contributed by atoms with Gasteiger partial charge in [-0.3, -0.25) is 14.5 Å². The van der Waals surface area contributed by atoms with Gasteiger partial charge in [0.15, 0.2) is 0 Å². The average Bonchev–Trinajstić information content (AvgIpc) is 3.53. The fourth-order valence-electron chi connectivity index (χ4n) is 4.82. The summed E-state index contributed by atoms with van der Waals surface area (Å²) in [5.74, 6) is 0.0203. The number of ether oxygens (including phenoxy) is 1. The Bertz CT molecular complexity index is 1390. The SMILES string of the molecule is CCCOc1cccc(-c2nn(-c3ccccc3)cc2/C=C2\SC(=S)N(CCCCCCCCCCC(=O)O)C2=O)c1. The third-order valence-electron chi connectivity index (χ3n) is 7.03. The van der Waals surface area contributed by atoms with Crippen LogP contribution >= 0.6 is 24.0 Å². The van der Waals surface area contributed by atoms with E-state index in [4.69, 9.17) is 27.2 Å². The molecule has 2 heterocycles. The van der Waals surface area contributed by atoms with Gasteiger partial charge in [-0.05, 0) is 49.6 Å². The molecule has 2 aromatic carbocycles. The predicted molar refractivity (Wildman–Crippen MR) is 174 cm³/mol. The van der Waals surface area contributed by atoms with Crippen molar-refractivity contribution in [3.63, 3.8) is 0 Å². The second-order valence-electron chi connectivity index (χ2n) is 10.4. The first kappa shape index (κ1) is 31.5. The molecule has 1 amide bonds. The van der Waals surface area contributed by atoms with E-state index in [0.29, 0.717) is 22.4 Å². The van der Waals surface area contributed by atoms with Gasteiger partial charge in [-0.2, -0.15) is 5.10 Å². The zero-order valence-electron chi connectivity index (χ0n) is 24.2. The minimum atomic E-state index is -0.717. The van der Waals surface area contributed by atoms with Gasteiger partial charge < -0.3 is 9.84 Å². The number of benzene rings is 2. The number of nitrogens with zero attached hydrogens (tertiary/aromatic N) is 3. The van der Waals surface area contributed by atoms with E-state index in [1.165, 1.54) is 11.8 Å². The van der Waals surface area contributed by atoms with Gasteiger partial charge in [0.05, 0.1) is 17.2 Å². The molecule has 1 fully saturated rings. The van der Waals surface area contributed by atoms with Crippen molar-refractivity contribution >= 4 is 46.3 Å². The summed E-state index contributed by atoms with van der Waals surface area (Å²) in [6, 6.07) is 17.8. The van der Waals surface area contributed by atoms with E-state index in [2.05, 4.69) is 6.92 Å². The summed E-state index contributed by atoms with van der Waals surface area (Å²) in [7, 11) is 0. The quantitative estimate of drug-likeness (QED) is 0.0945. The molecule has 1 N–H and O–H groups in total. The van der Waals surface area contributed by atoms with Gasteiger partial charge in [0.25, 0.3) is 5.91 Å². The summed E-state index contributed by atoms with van der Waals surface area (Å²) >= 11 is 6.95. The molecule has 0 radical (unpaired) electrons. The lowest BCUT2D eigenvalue weighted by Gasteiger charge is -2.14. The Labute approximate surface area is 257 Å². The maximum absolute atomic E-state index is 13.4. The average molecular weight is 606 g/mol. The molecule has 1 aromatic heterocycles. The Hall–Kier alpha value is -3.43. The Morgan fingerprint density at radius 3 is 2.43 bits per heavy atom. The van der Waals surface area contributed by atoms with E-state index in [0.717, 1.165) is 86.0 Å². The molecule has 0 bridgehead atoms. The Morgan fingerprint density at radius 1 is 1.00 bits per heavy atom. The first-order valence-electron chi connectivity index (χ1n) is 14.8. The largest absolute Gasteiger partial charge is 0.494 e. The summed E-state index contributed by atoms with van der Waals surface area (Å²) in [5, 5.41) is 13.6. The maximum Gasteiger partial charge on any atom is 0.303 e. The molecule has 3 aromatic rings. The predicted octanol–water partition coefficient (Wildman–Crippen LogP) is 8.12. The number of rotatable bonds is 17. The van der Waals surface area contributed by atoms with Crippen LogP contribution in [0.3, 0.4) is 0 Å². The zero-order chi connectivity index (χ0) is 29.7. The Balaban J connectivity index is 1.41. The number of thiocarbonyl (C=S) groups is 1. The summed E-state index contributed by atoms with van der Waals surface area (Å²) in [6.45, 7) is 3.34. The first-order valence-corrected chi connectivity index (χ1v) is 16.0. The van der Waals surface area contributed by atoms with Crippen molar-refractivity contribution in [2.24, 2.45) is 0 Å². The molecule has 1 aliphatic heterocycles. The van der Waals surface area contributed by atoms with E-state index in [9.17, 15) is 9.59 Å². The number of para-hydroxylation sites is 1. The number of amides is 1. The monoisotopic (exact) mass is 605 g/mol. The van der Waals surface area contributed by atoms with Crippen LogP contribution in [0, 0.1) is 0 Å². The zero-order valence-corrected chi connectivity index (χ0v) is 25.8. The minimum absolute atomic E-state index is 0.0538. The van der Waals surface area contributed by atoms with Crippen molar-refractivity contribution < 1.29 is 19.4 Å². The number of aliphatic carboxylic acids is 1. The van der Waals surface area contributed by atoms with Crippen LogP contribution in [0.15, 0.2) is 65.7 Å². The van der Waals surface area contributed by atoms with E-state index in [1.807, 2.05) is 71.6 Å². The van der Waals surface area contributed by atoms with Crippen LogP contribution in [0.2, 0.25) is 0 Å². The summed E-state index contributed by atoms with van der Waals surface area (Å²) in [4.78, 5) is 26.3. The van der Waals surface area contributed by atoms with Crippen molar-refractivity contribution in [1.82, 2.24) is 14.7 Å². The minimum Gasteiger partial charge on any atom is -0.494 e. The van der Waals surface area contributed by atoms with Crippen molar-refractivity contribution in [2.75, 3.05) is 13.2 Å². The molecule has 7 nitrogen and oxygen atoms in total. The lowest BCUT2D eigenvalue weighted by molar-refractivity contribution is -0.137. The van der Waals surface area contributed by atoms with E-state index in [1.54, 1.807) is 4.90 Å². The molecule has 0 saturated carbocycles. The van der Waals surface area contributed by atoms with Crippen LogP contribution in [0.4, 0.5) is 0 Å². The van der Waals surface area contributed by atoms with Crippen LogP contribution < -0.4 is 4.74 Å². The fourth-order valence-corrected chi connectivity index (χ4v) is 6.12. The highest BCUT2D eigenvalue weighted by molar-refractivity contribution is 8.26.